The van der Waals surface area contributed by atoms with Crippen molar-refractivity contribution in [2.75, 3.05) is 12.3 Å². The summed E-state index contributed by atoms with van der Waals surface area (Å²) in [6.45, 7) is 2.68. The van der Waals surface area contributed by atoms with Crippen LogP contribution >= 0.6 is 0 Å². The summed E-state index contributed by atoms with van der Waals surface area (Å²) in [7, 11) is 0. The van der Waals surface area contributed by atoms with E-state index < -0.39 is 0 Å². The Morgan fingerprint density at radius 1 is 1.11 bits per heavy atom. The average molecular weight is 244 g/mol. The van der Waals surface area contributed by atoms with E-state index >= 15 is 0 Å². The minimum absolute atomic E-state index is 0.434. The summed E-state index contributed by atoms with van der Waals surface area (Å²) < 4.78 is 11.2. The van der Waals surface area contributed by atoms with Crippen LogP contribution in [0.4, 0.5) is 5.69 Å². The zero-order valence-corrected chi connectivity index (χ0v) is 10.3. The molecule has 0 saturated heterocycles. The molecular formula is C14H16N2O2. The summed E-state index contributed by atoms with van der Waals surface area (Å²) in [5, 5.41) is 0. The highest BCUT2D eigenvalue weighted by atomic mass is 16.5. The summed E-state index contributed by atoms with van der Waals surface area (Å²) in [4.78, 5) is 4.17. The summed E-state index contributed by atoms with van der Waals surface area (Å²) in [6, 6.07) is 10.9. The fourth-order valence-corrected chi connectivity index (χ4v) is 1.45. The molecule has 0 atom stereocenters. The maximum Gasteiger partial charge on any atom is 0.262 e. The molecule has 2 aromatic rings. The predicted octanol–water partition coefficient (Wildman–Crippen LogP) is 3.24. The minimum atomic E-state index is 0.434. The lowest BCUT2D eigenvalue weighted by Gasteiger charge is -2.11. The van der Waals surface area contributed by atoms with E-state index in [1.807, 2.05) is 31.2 Å². The van der Waals surface area contributed by atoms with Gasteiger partial charge in [0.2, 0.25) is 0 Å². The van der Waals surface area contributed by atoms with Gasteiger partial charge in [-0.25, -0.2) is 4.98 Å². The van der Waals surface area contributed by atoms with Crippen molar-refractivity contribution in [3.8, 4) is 17.4 Å². The molecule has 0 aliphatic heterocycles. The number of nitrogen functional groups attached to an aromatic ring is 1. The Hall–Kier alpha value is -2.23. The van der Waals surface area contributed by atoms with E-state index in [1.165, 1.54) is 0 Å². The zero-order chi connectivity index (χ0) is 12.8. The Bertz CT molecular complexity index is 515. The second-order valence-electron chi connectivity index (χ2n) is 3.80. The number of nitrogens with two attached hydrogens (primary N) is 1. The standard InChI is InChI=1S/C14H16N2O2/c1-2-10-17-13-8-5-9-16-14(13)18-12-7-4-3-6-11(12)15/h3-9H,2,10,15H2,1H3. The van der Waals surface area contributed by atoms with Gasteiger partial charge in [-0.1, -0.05) is 19.1 Å². The van der Waals surface area contributed by atoms with Gasteiger partial charge in [0.15, 0.2) is 11.5 Å². The first kappa shape index (κ1) is 12.2. The maximum atomic E-state index is 5.83. The molecule has 1 aromatic heterocycles. The van der Waals surface area contributed by atoms with Crippen LogP contribution in [0.2, 0.25) is 0 Å². The van der Waals surface area contributed by atoms with E-state index in [1.54, 1.807) is 18.3 Å². The van der Waals surface area contributed by atoms with Gasteiger partial charge in [-0.3, -0.25) is 0 Å². The number of anilines is 1. The molecule has 2 N–H and O–H groups in total. The van der Waals surface area contributed by atoms with Crippen LogP contribution in [0.3, 0.4) is 0 Å². The smallest absolute Gasteiger partial charge is 0.262 e. The molecule has 94 valence electrons. The van der Waals surface area contributed by atoms with Gasteiger partial charge < -0.3 is 15.2 Å². The van der Waals surface area contributed by atoms with E-state index in [0.29, 0.717) is 29.7 Å². The number of hydrogen-bond donors (Lipinski definition) is 1. The Morgan fingerprint density at radius 3 is 2.67 bits per heavy atom. The Balaban J connectivity index is 2.21. The lowest BCUT2D eigenvalue weighted by atomic mass is 10.3. The number of ether oxygens (including phenoxy) is 2. The first-order valence-corrected chi connectivity index (χ1v) is 5.91. The molecule has 0 spiro atoms. The van der Waals surface area contributed by atoms with Gasteiger partial charge in [0, 0.05) is 6.20 Å². The summed E-state index contributed by atoms with van der Waals surface area (Å²) in [5.74, 6) is 1.64. The second kappa shape index (κ2) is 5.91. The highest BCUT2D eigenvalue weighted by Crippen LogP contribution is 2.31. The van der Waals surface area contributed by atoms with Crippen molar-refractivity contribution in [2.24, 2.45) is 0 Å². The second-order valence-corrected chi connectivity index (χ2v) is 3.80. The van der Waals surface area contributed by atoms with E-state index in [-0.39, 0.29) is 0 Å². The molecule has 0 aliphatic carbocycles. The van der Waals surface area contributed by atoms with E-state index in [0.717, 1.165) is 6.42 Å². The molecule has 0 radical (unpaired) electrons. The zero-order valence-electron chi connectivity index (χ0n) is 10.3. The molecule has 4 heteroatoms. The number of benzene rings is 1. The first-order chi connectivity index (χ1) is 8.81. The highest BCUT2D eigenvalue weighted by molar-refractivity contribution is 5.53. The van der Waals surface area contributed by atoms with E-state index in [9.17, 15) is 0 Å². The minimum Gasteiger partial charge on any atom is -0.488 e. The molecule has 0 amide bonds. The van der Waals surface area contributed by atoms with E-state index in [4.69, 9.17) is 15.2 Å². The summed E-state index contributed by atoms with van der Waals surface area (Å²) >= 11 is 0. The lowest BCUT2D eigenvalue weighted by Crippen LogP contribution is -1.99. The van der Waals surface area contributed by atoms with Crippen molar-refractivity contribution in [1.82, 2.24) is 4.98 Å². The monoisotopic (exact) mass is 244 g/mol. The first-order valence-electron chi connectivity index (χ1n) is 5.91. The molecule has 1 aromatic carbocycles. The van der Waals surface area contributed by atoms with Crippen molar-refractivity contribution in [3.63, 3.8) is 0 Å². The van der Waals surface area contributed by atoms with Crippen molar-refractivity contribution in [3.05, 3.63) is 42.6 Å². The SMILES string of the molecule is CCCOc1cccnc1Oc1ccccc1N. The van der Waals surface area contributed by atoms with E-state index in [2.05, 4.69) is 4.98 Å². The number of pyridine rings is 1. The normalized spacial score (nSPS) is 10.1. The third kappa shape index (κ3) is 2.91. The van der Waals surface area contributed by atoms with Crippen LogP contribution in [0.15, 0.2) is 42.6 Å². The maximum absolute atomic E-state index is 5.83. The van der Waals surface area contributed by atoms with Gasteiger partial charge in [0.05, 0.1) is 12.3 Å². The largest absolute Gasteiger partial charge is 0.488 e. The number of rotatable bonds is 5. The molecule has 0 bridgehead atoms. The van der Waals surface area contributed by atoms with Crippen molar-refractivity contribution >= 4 is 5.69 Å². The van der Waals surface area contributed by atoms with Gasteiger partial charge in [0.25, 0.3) is 5.88 Å². The quantitative estimate of drug-likeness (QED) is 0.820. The van der Waals surface area contributed by atoms with Crippen LogP contribution in [0.1, 0.15) is 13.3 Å². The highest BCUT2D eigenvalue weighted by Gasteiger charge is 2.08. The van der Waals surface area contributed by atoms with Crippen LogP contribution in [0.5, 0.6) is 17.4 Å². The van der Waals surface area contributed by atoms with Crippen molar-refractivity contribution in [1.29, 1.82) is 0 Å². The molecule has 1 heterocycles. The Labute approximate surface area is 106 Å². The fourth-order valence-electron chi connectivity index (χ4n) is 1.45. The van der Waals surface area contributed by atoms with Gasteiger partial charge >= 0.3 is 0 Å². The summed E-state index contributed by atoms with van der Waals surface area (Å²) in [5.41, 5.74) is 6.40. The third-order valence-corrected chi connectivity index (χ3v) is 2.32. The summed E-state index contributed by atoms with van der Waals surface area (Å²) in [6.07, 6.45) is 2.59. The molecule has 18 heavy (non-hydrogen) atoms. The molecule has 2 rings (SSSR count). The van der Waals surface area contributed by atoms with Crippen LogP contribution in [0, 0.1) is 0 Å². The number of hydrogen-bond acceptors (Lipinski definition) is 4. The molecule has 0 aliphatic rings. The van der Waals surface area contributed by atoms with Crippen LogP contribution in [-0.2, 0) is 0 Å². The molecule has 0 unspecified atom stereocenters. The van der Waals surface area contributed by atoms with Gasteiger partial charge in [-0.05, 0) is 30.7 Å². The lowest BCUT2D eigenvalue weighted by molar-refractivity contribution is 0.298. The fraction of sp³-hybridized carbons (Fsp3) is 0.214. The predicted molar refractivity (Wildman–Crippen MR) is 71.0 cm³/mol. The van der Waals surface area contributed by atoms with Gasteiger partial charge in [-0.15, -0.1) is 0 Å². The topological polar surface area (TPSA) is 57.4 Å². The number of aromatic nitrogens is 1. The third-order valence-electron chi connectivity index (χ3n) is 2.32. The number of para-hydroxylation sites is 2. The molecule has 0 saturated carbocycles. The Kier molecular flexibility index (Phi) is 4.02. The van der Waals surface area contributed by atoms with Gasteiger partial charge in [0.1, 0.15) is 0 Å². The van der Waals surface area contributed by atoms with Gasteiger partial charge in [-0.2, -0.15) is 0 Å². The van der Waals surface area contributed by atoms with Crippen LogP contribution in [0.25, 0.3) is 0 Å². The average Bonchev–Trinajstić information content (AvgIpc) is 2.40. The molecule has 0 fully saturated rings. The van der Waals surface area contributed by atoms with Crippen molar-refractivity contribution < 1.29 is 9.47 Å². The van der Waals surface area contributed by atoms with Crippen LogP contribution < -0.4 is 15.2 Å². The number of nitrogens with zero attached hydrogens (tertiary/aromatic N) is 1. The van der Waals surface area contributed by atoms with Crippen molar-refractivity contribution in [2.45, 2.75) is 13.3 Å². The molecule has 4 nitrogen and oxygen atoms in total. The van der Waals surface area contributed by atoms with Crippen LogP contribution in [-0.4, -0.2) is 11.6 Å². The molecular weight excluding hydrogens is 228 g/mol. The Morgan fingerprint density at radius 2 is 1.89 bits per heavy atom.